The van der Waals surface area contributed by atoms with Crippen LogP contribution in [0.4, 0.5) is 4.79 Å². The largest absolute Gasteiger partial charge is 0.480 e. The molecule has 0 radical (unpaired) electrons. The second kappa shape index (κ2) is 5.38. The van der Waals surface area contributed by atoms with Gasteiger partial charge in [0.2, 0.25) is 0 Å². The van der Waals surface area contributed by atoms with Gasteiger partial charge in [-0.1, -0.05) is 13.3 Å². The number of hydrogen-bond acceptors (Lipinski definition) is 2. The van der Waals surface area contributed by atoms with E-state index < -0.39 is 12.0 Å². The first-order valence-corrected chi connectivity index (χ1v) is 6.19. The SMILES string of the molecule is CCCC(C)(C)NC(=O)N1CCC[C@H]1C(=O)O. The molecular weight excluding hydrogens is 220 g/mol. The number of amides is 2. The van der Waals surface area contributed by atoms with Gasteiger partial charge in [-0.05, 0) is 33.1 Å². The number of nitrogens with zero attached hydrogens (tertiary/aromatic N) is 1. The van der Waals surface area contributed by atoms with E-state index in [-0.39, 0.29) is 11.6 Å². The van der Waals surface area contributed by atoms with Gasteiger partial charge in [0.15, 0.2) is 0 Å². The predicted octanol–water partition coefficient (Wildman–Crippen LogP) is 1.82. The summed E-state index contributed by atoms with van der Waals surface area (Å²) in [7, 11) is 0. The average molecular weight is 242 g/mol. The molecule has 0 unspecified atom stereocenters. The zero-order chi connectivity index (χ0) is 13.1. The fourth-order valence-electron chi connectivity index (χ4n) is 2.32. The summed E-state index contributed by atoms with van der Waals surface area (Å²) in [5.74, 6) is -0.911. The lowest BCUT2D eigenvalue weighted by molar-refractivity contribution is -0.141. The van der Waals surface area contributed by atoms with Crippen molar-refractivity contribution in [3.8, 4) is 0 Å². The molecule has 1 heterocycles. The minimum absolute atomic E-state index is 0.256. The molecule has 1 aliphatic heterocycles. The zero-order valence-corrected chi connectivity index (χ0v) is 10.8. The topological polar surface area (TPSA) is 69.6 Å². The predicted molar refractivity (Wildman–Crippen MR) is 64.9 cm³/mol. The highest BCUT2D eigenvalue weighted by atomic mass is 16.4. The van der Waals surface area contributed by atoms with Crippen LogP contribution in [0.15, 0.2) is 0 Å². The first-order chi connectivity index (χ1) is 7.87. The minimum atomic E-state index is -0.911. The van der Waals surface area contributed by atoms with E-state index in [0.29, 0.717) is 13.0 Å². The van der Waals surface area contributed by atoms with Crippen LogP contribution >= 0.6 is 0 Å². The molecule has 1 atom stereocenters. The fraction of sp³-hybridized carbons (Fsp3) is 0.833. The van der Waals surface area contributed by atoms with Crippen molar-refractivity contribution >= 4 is 12.0 Å². The lowest BCUT2D eigenvalue weighted by atomic mass is 9.99. The summed E-state index contributed by atoms with van der Waals surface area (Å²) in [5, 5.41) is 11.9. The summed E-state index contributed by atoms with van der Waals surface area (Å²) < 4.78 is 0. The number of rotatable bonds is 4. The van der Waals surface area contributed by atoms with Crippen molar-refractivity contribution < 1.29 is 14.7 Å². The summed E-state index contributed by atoms with van der Waals surface area (Å²) in [5.41, 5.74) is -0.280. The Morgan fingerprint density at radius 1 is 1.47 bits per heavy atom. The van der Waals surface area contributed by atoms with Crippen molar-refractivity contribution in [1.82, 2.24) is 10.2 Å². The maximum atomic E-state index is 12.0. The molecule has 0 aliphatic carbocycles. The Hall–Kier alpha value is -1.26. The van der Waals surface area contributed by atoms with Crippen LogP contribution in [-0.4, -0.2) is 40.1 Å². The summed E-state index contributed by atoms with van der Waals surface area (Å²) in [6, 6.07) is -0.916. The van der Waals surface area contributed by atoms with E-state index in [4.69, 9.17) is 5.11 Å². The molecule has 1 aliphatic rings. The van der Waals surface area contributed by atoms with E-state index in [1.807, 2.05) is 13.8 Å². The van der Waals surface area contributed by atoms with Crippen molar-refractivity contribution in [3.63, 3.8) is 0 Å². The second-order valence-corrected chi connectivity index (χ2v) is 5.25. The molecule has 1 rings (SSSR count). The van der Waals surface area contributed by atoms with Crippen LogP contribution < -0.4 is 5.32 Å². The normalized spacial score (nSPS) is 20.4. The summed E-state index contributed by atoms with van der Waals surface area (Å²) in [6.07, 6.45) is 3.18. The lowest BCUT2D eigenvalue weighted by Crippen LogP contribution is -2.52. The van der Waals surface area contributed by atoms with Gasteiger partial charge in [-0.25, -0.2) is 9.59 Å². The Bertz CT molecular complexity index is 302. The quantitative estimate of drug-likeness (QED) is 0.790. The number of carbonyl (C=O) groups is 2. The fourth-order valence-corrected chi connectivity index (χ4v) is 2.32. The third-order valence-electron chi connectivity index (χ3n) is 3.12. The number of carboxylic acids is 1. The van der Waals surface area contributed by atoms with E-state index in [9.17, 15) is 9.59 Å². The van der Waals surface area contributed by atoms with E-state index in [1.165, 1.54) is 4.90 Å². The van der Waals surface area contributed by atoms with Gasteiger partial charge in [0.05, 0.1) is 0 Å². The number of carboxylic acid groups (broad SMARTS) is 1. The van der Waals surface area contributed by atoms with Crippen LogP contribution in [-0.2, 0) is 4.79 Å². The number of hydrogen-bond donors (Lipinski definition) is 2. The van der Waals surface area contributed by atoms with Gasteiger partial charge in [0.25, 0.3) is 0 Å². The Balaban J connectivity index is 2.61. The zero-order valence-electron chi connectivity index (χ0n) is 10.8. The Labute approximate surface area is 102 Å². The minimum Gasteiger partial charge on any atom is -0.480 e. The molecule has 0 aromatic rings. The van der Waals surface area contributed by atoms with Gasteiger partial charge in [-0.2, -0.15) is 0 Å². The van der Waals surface area contributed by atoms with Gasteiger partial charge in [0, 0.05) is 12.1 Å². The average Bonchev–Trinajstić information content (AvgIpc) is 2.64. The van der Waals surface area contributed by atoms with Crippen LogP contribution in [0.2, 0.25) is 0 Å². The molecule has 0 aromatic carbocycles. The van der Waals surface area contributed by atoms with Crippen LogP contribution in [0, 0.1) is 0 Å². The van der Waals surface area contributed by atoms with Gasteiger partial charge >= 0.3 is 12.0 Å². The molecule has 0 aromatic heterocycles. The highest BCUT2D eigenvalue weighted by Crippen LogP contribution is 2.19. The number of urea groups is 1. The van der Waals surface area contributed by atoms with Gasteiger partial charge in [-0.15, -0.1) is 0 Å². The number of aliphatic carboxylic acids is 1. The third-order valence-corrected chi connectivity index (χ3v) is 3.12. The van der Waals surface area contributed by atoms with Crippen molar-refractivity contribution in [3.05, 3.63) is 0 Å². The number of carbonyl (C=O) groups excluding carboxylic acids is 1. The summed E-state index contributed by atoms with van der Waals surface area (Å²) in [4.78, 5) is 24.4. The molecule has 98 valence electrons. The first-order valence-electron chi connectivity index (χ1n) is 6.19. The molecule has 2 amide bonds. The molecule has 0 bridgehead atoms. The van der Waals surface area contributed by atoms with Gasteiger partial charge in [0.1, 0.15) is 6.04 Å². The molecular formula is C12H22N2O3. The number of likely N-dealkylation sites (tertiary alicyclic amines) is 1. The van der Waals surface area contributed by atoms with Gasteiger partial charge < -0.3 is 15.3 Å². The lowest BCUT2D eigenvalue weighted by Gasteiger charge is -2.30. The standard InChI is InChI=1S/C12H22N2O3/c1-4-7-12(2,3)13-11(17)14-8-5-6-9(14)10(15)16/h9H,4-8H2,1-3H3,(H,13,17)(H,15,16)/t9-/m0/s1. The molecule has 5 heteroatoms. The van der Waals surface area contributed by atoms with E-state index in [1.54, 1.807) is 0 Å². The van der Waals surface area contributed by atoms with E-state index in [2.05, 4.69) is 12.2 Å². The molecule has 1 saturated heterocycles. The smallest absolute Gasteiger partial charge is 0.326 e. The van der Waals surface area contributed by atoms with Crippen molar-refractivity contribution in [1.29, 1.82) is 0 Å². The maximum Gasteiger partial charge on any atom is 0.326 e. The van der Waals surface area contributed by atoms with Crippen molar-refractivity contribution in [2.24, 2.45) is 0 Å². The molecule has 2 N–H and O–H groups in total. The van der Waals surface area contributed by atoms with Crippen molar-refractivity contribution in [2.75, 3.05) is 6.54 Å². The highest BCUT2D eigenvalue weighted by Gasteiger charge is 2.35. The monoisotopic (exact) mass is 242 g/mol. The molecule has 0 spiro atoms. The Morgan fingerprint density at radius 3 is 2.65 bits per heavy atom. The molecule has 1 fully saturated rings. The summed E-state index contributed by atoms with van der Waals surface area (Å²) in [6.45, 7) is 6.51. The Kier molecular flexibility index (Phi) is 4.37. The van der Waals surface area contributed by atoms with E-state index >= 15 is 0 Å². The van der Waals surface area contributed by atoms with E-state index in [0.717, 1.165) is 19.3 Å². The van der Waals surface area contributed by atoms with Crippen LogP contribution in [0.5, 0.6) is 0 Å². The molecule has 17 heavy (non-hydrogen) atoms. The first kappa shape index (κ1) is 13.8. The molecule has 0 saturated carbocycles. The summed E-state index contributed by atoms with van der Waals surface area (Å²) >= 11 is 0. The van der Waals surface area contributed by atoms with Crippen LogP contribution in [0.3, 0.4) is 0 Å². The number of nitrogens with one attached hydrogen (secondary N) is 1. The van der Waals surface area contributed by atoms with Crippen LogP contribution in [0.1, 0.15) is 46.5 Å². The van der Waals surface area contributed by atoms with Gasteiger partial charge in [-0.3, -0.25) is 0 Å². The van der Waals surface area contributed by atoms with Crippen LogP contribution in [0.25, 0.3) is 0 Å². The molecule has 5 nitrogen and oxygen atoms in total. The highest BCUT2D eigenvalue weighted by molar-refractivity contribution is 5.83. The Morgan fingerprint density at radius 2 is 2.12 bits per heavy atom. The third kappa shape index (κ3) is 3.61. The second-order valence-electron chi connectivity index (χ2n) is 5.25. The maximum absolute atomic E-state index is 12.0. The van der Waals surface area contributed by atoms with Crippen molar-refractivity contribution in [2.45, 2.75) is 58.0 Å².